The molecule has 0 saturated heterocycles. The molecular weight excluding hydrogens is 214 g/mol. The van der Waals surface area contributed by atoms with Crippen LogP contribution >= 0.6 is 0 Å². The van der Waals surface area contributed by atoms with Crippen LogP contribution < -0.4 is 4.74 Å². The number of hydrogen-bond donors (Lipinski definition) is 1. The molecule has 0 aliphatic rings. The summed E-state index contributed by atoms with van der Waals surface area (Å²) in [6.07, 6.45) is 1.74. The zero-order valence-electron chi connectivity index (χ0n) is 9.76. The molecule has 0 amide bonds. The van der Waals surface area contributed by atoms with E-state index in [0.717, 1.165) is 16.7 Å². The van der Waals surface area contributed by atoms with Gasteiger partial charge in [-0.2, -0.15) is 0 Å². The monoisotopic (exact) mass is 229 g/mol. The van der Waals surface area contributed by atoms with E-state index in [1.807, 2.05) is 43.3 Å². The Labute approximate surface area is 101 Å². The Kier molecular flexibility index (Phi) is 3.73. The van der Waals surface area contributed by atoms with Crippen LogP contribution in [0.1, 0.15) is 12.5 Å². The molecule has 88 valence electrons. The maximum atomic E-state index is 8.98. The first-order valence-electron chi connectivity index (χ1n) is 5.62. The number of benzene rings is 1. The minimum absolute atomic E-state index is 0.0703. The Morgan fingerprint density at radius 2 is 1.88 bits per heavy atom. The van der Waals surface area contributed by atoms with E-state index in [9.17, 15) is 0 Å². The van der Waals surface area contributed by atoms with Crippen molar-refractivity contribution in [3.63, 3.8) is 0 Å². The van der Waals surface area contributed by atoms with Crippen LogP contribution in [0.5, 0.6) is 5.88 Å². The molecule has 1 N–H and O–H groups in total. The van der Waals surface area contributed by atoms with Crippen molar-refractivity contribution >= 4 is 0 Å². The predicted octanol–water partition coefficient (Wildman–Crippen LogP) is 2.64. The van der Waals surface area contributed by atoms with E-state index in [-0.39, 0.29) is 6.61 Å². The highest BCUT2D eigenvalue weighted by Crippen LogP contribution is 2.22. The lowest BCUT2D eigenvalue weighted by atomic mass is 10.1. The molecule has 0 fully saturated rings. The quantitative estimate of drug-likeness (QED) is 0.876. The molecule has 0 bridgehead atoms. The second-order valence-electron chi connectivity index (χ2n) is 3.67. The van der Waals surface area contributed by atoms with Crippen molar-refractivity contribution in [1.29, 1.82) is 0 Å². The Morgan fingerprint density at radius 1 is 1.12 bits per heavy atom. The number of nitrogens with zero attached hydrogens (tertiary/aromatic N) is 1. The standard InChI is InChI=1S/C14H15NO2/c1-2-17-14-9-13(7-8-15-14)12-5-3-11(10-16)4-6-12/h3-9,16H,2,10H2,1H3. The minimum atomic E-state index is 0.0703. The second kappa shape index (κ2) is 5.46. The first kappa shape index (κ1) is 11.6. The van der Waals surface area contributed by atoms with Gasteiger partial charge in [-0.05, 0) is 29.7 Å². The van der Waals surface area contributed by atoms with Crippen LogP contribution in [0, 0.1) is 0 Å². The third kappa shape index (κ3) is 2.82. The molecule has 0 aliphatic heterocycles. The highest BCUT2D eigenvalue weighted by Gasteiger charge is 2.00. The van der Waals surface area contributed by atoms with E-state index in [1.54, 1.807) is 6.20 Å². The summed E-state index contributed by atoms with van der Waals surface area (Å²) in [5.41, 5.74) is 3.06. The van der Waals surface area contributed by atoms with Crippen molar-refractivity contribution in [2.45, 2.75) is 13.5 Å². The summed E-state index contributed by atoms with van der Waals surface area (Å²) < 4.78 is 5.36. The average Bonchev–Trinajstić information content (AvgIpc) is 2.40. The molecule has 0 atom stereocenters. The van der Waals surface area contributed by atoms with Gasteiger partial charge in [0.05, 0.1) is 13.2 Å². The molecule has 0 radical (unpaired) electrons. The number of rotatable bonds is 4. The van der Waals surface area contributed by atoms with Crippen LogP contribution in [0.2, 0.25) is 0 Å². The third-order valence-corrected chi connectivity index (χ3v) is 2.50. The van der Waals surface area contributed by atoms with Crippen molar-refractivity contribution < 1.29 is 9.84 Å². The highest BCUT2D eigenvalue weighted by molar-refractivity contribution is 5.64. The van der Waals surface area contributed by atoms with Gasteiger partial charge >= 0.3 is 0 Å². The lowest BCUT2D eigenvalue weighted by Crippen LogP contribution is -1.94. The van der Waals surface area contributed by atoms with Gasteiger partial charge in [0.2, 0.25) is 5.88 Å². The van der Waals surface area contributed by atoms with E-state index in [1.165, 1.54) is 0 Å². The van der Waals surface area contributed by atoms with Crippen molar-refractivity contribution in [3.8, 4) is 17.0 Å². The fourth-order valence-corrected chi connectivity index (χ4v) is 1.62. The summed E-state index contributed by atoms with van der Waals surface area (Å²) in [4.78, 5) is 4.13. The van der Waals surface area contributed by atoms with E-state index in [4.69, 9.17) is 9.84 Å². The van der Waals surface area contributed by atoms with Crippen molar-refractivity contribution in [2.75, 3.05) is 6.61 Å². The fraction of sp³-hybridized carbons (Fsp3) is 0.214. The van der Waals surface area contributed by atoms with E-state index in [0.29, 0.717) is 12.5 Å². The molecule has 2 rings (SSSR count). The number of aliphatic hydroxyl groups excluding tert-OH is 1. The topological polar surface area (TPSA) is 42.4 Å². The van der Waals surface area contributed by atoms with Gasteiger partial charge in [0.15, 0.2) is 0 Å². The van der Waals surface area contributed by atoms with Gasteiger partial charge in [-0.1, -0.05) is 24.3 Å². The molecule has 0 saturated carbocycles. The normalized spacial score (nSPS) is 10.2. The van der Waals surface area contributed by atoms with E-state index >= 15 is 0 Å². The fourth-order valence-electron chi connectivity index (χ4n) is 1.62. The molecule has 0 aliphatic carbocycles. The molecule has 1 heterocycles. The lowest BCUT2D eigenvalue weighted by Gasteiger charge is -2.05. The number of hydrogen-bond acceptors (Lipinski definition) is 3. The predicted molar refractivity (Wildman–Crippen MR) is 66.8 cm³/mol. The maximum absolute atomic E-state index is 8.98. The van der Waals surface area contributed by atoms with Gasteiger partial charge in [0.1, 0.15) is 0 Å². The Morgan fingerprint density at radius 3 is 2.53 bits per heavy atom. The lowest BCUT2D eigenvalue weighted by molar-refractivity contribution is 0.282. The highest BCUT2D eigenvalue weighted by atomic mass is 16.5. The van der Waals surface area contributed by atoms with Crippen LogP contribution in [-0.2, 0) is 6.61 Å². The molecule has 3 nitrogen and oxygen atoms in total. The van der Waals surface area contributed by atoms with Crippen molar-refractivity contribution in [1.82, 2.24) is 4.98 Å². The zero-order valence-corrected chi connectivity index (χ0v) is 9.76. The van der Waals surface area contributed by atoms with Crippen LogP contribution in [0.3, 0.4) is 0 Å². The van der Waals surface area contributed by atoms with Crippen LogP contribution in [-0.4, -0.2) is 16.7 Å². The molecule has 2 aromatic rings. The van der Waals surface area contributed by atoms with Crippen molar-refractivity contribution in [3.05, 3.63) is 48.2 Å². The number of ether oxygens (including phenoxy) is 1. The van der Waals surface area contributed by atoms with Gasteiger partial charge in [-0.25, -0.2) is 4.98 Å². The molecule has 0 unspecified atom stereocenters. The summed E-state index contributed by atoms with van der Waals surface area (Å²) in [5.74, 6) is 0.635. The number of pyridine rings is 1. The average molecular weight is 229 g/mol. The van der Waals surface area contributed by atoms with E-state index < -0.39 is 0 Å². The first-order chi connectivity index (χ1) is 8.33. The van der Waals surface area contributed by atoms with Gasteiger partial charge in [-0.15, -0.1) is 0 Å². The molecule has 1 aromatic heterocycles. The van der Waals surface area contributed by atoms with Gasteiger partial charge in [0, 0.05) is 12.3 Å². The number of aliphatic hydroxyl groups is 1. The van der Waals surface area contributed by atoms with Crippen LogP contribution in [0.4, 0.5) is 0 Å². The maximum Gasteiger partial charge on any atom is 0.213 e. The first-order valence-corrected chi connectivity index (χ1v) is 5.62. The smallest absolute Gasteiger partial charge is 0.213 e. The van der Waals surface area contributed by atoms with Gasteiger partial charge in [0.25, 0.3) is 0 Å². The zero-order chi connectivity index (χ0) is 12.1. The SMILES string of the molecule is CCOc1cc(-c2ccc(CO)cc2)ccn1. The Bertz CT molecular complexity index is 480. The summed E-state index contributed by atoms with van der Waals surface area (Å²) in [5, 5.41) is 8.98. The van der Waals surface area contributed by atoms with Crippen LogP contribution in [0.25, 0.3) is 11.1 Å². The summed E-state index contributed by atoms with van der Waals surface area (Å²) in [6, 6.07) is 11.6. The van der Waals surface area contributed by atoms with Gasteiger partial charge in [-0.3, -0.25) is 0 Å². The van der Waals surface area contributed by atoms with Crippen molar-refractivity contribution in [2.24, 2.45) is 0 Å². The molecule has 1 aromatic carbocycles. The third-order valence-electron chi connectivity index (χ3n) is 2.50. The molecule has 3 heteroatoms. The summed E-state index contributed by atoms with van der Waals surface area (Å²) in [6.45, 7) is 2.62. The van der Waals surface area contributed by atoms with Crippen LogP contribution in [0.15, 0.2) is 42.6 Å². The molecular formula is C14H15NO2. The summed E-state index contributed by atoms with van der Waals surface area (Å²) in [7, 11) is 0. The second-order valence-corrected chi connectivity index (χ2v) is 3.67. The van der Waals surface area contributed by atoms with Gasteiger partial charge < -0.3 is 9.84 Å². The Hall–Kier alpha value is -1.87. The molecule has 17 heavy (non-hydrogen) atoms. The Balaban J connectivity index is 2.28. The minimum Gasteiger partial charge on any atom is -0.478 e. The van der Waals surface area contributed by atoms with E-state index in [2.05, 4.69) is 4.98 Å². The largest absolute Gasteiger partial charge is 0.478 e. The molecule has 0 spiro atoms. The number of aromatic nitrogens is 1. The summed E-state index contributed by atoms with van der Waals surface area (Å²) >= 11 is 0.